The van der Waals surface area contributed by atoms with Crippen LogP contribution in [0.25, 0.3) is 0 Å². The third-order valence-electron chi connectivity index (χ3n) is 4.16. The van der Waals surface area contributed by atoms with Crippen molar-refractivity contribution in [3.63, 3.8) is 0 Å². The average Bonchev–Trinajstić information content (AvgIpc) is 3.01. The van der Waals surface area contributed by atoms with Gasteiger partial charge >= 0.3 is 5.97 Å². The van der Waals surface area contributed by atoms with E-state index < -0.39 is 92.9 Å². The van der Waals surface area contributed by atoms with Crippen LogP contribution in [0.1, 0.15) is 0 Å². The fourth-order valence-electron chi connectivity index (χ4n) is 2.57. The van der Waals surface area contributed by atoms with E-state index in [1.54, 1.807) is 0 Å². The second-order valence-corrected chi connectivity index (χ2v) is 6.23. The molecule has 2 aliphatic heterocycles. The lowest BCUT2D eigenvalue weighted by Crippen LogP contribution is -2.59. The molecule has 0 aromatic carbocycles. The largest absolute Gasteiger partial charge is 0.487 e. The quantitative estimate of drug-likeness (QED) is 0.166. The molecule has 2 unspecified atom stereocenters. The van der Waals surface area contributed by atoms with Crippen molar-refractivity contribution in [2.24, 2.45) is 0 Å². The van der Waals surface area contributed by atoms with Crippen molar-refractivity contribution in [3.05, 3.63) is 11.5 Å². The van der Waals surface area contributed by atoms with Gasteiger partial charge in [-0.2, -0.15) is 0 Å². The van der Waals surface area contributed by atoms with E-state index in [-0.39, 0.29) is 0 Å². The highest BCUT2D eigenvalue weighted by molar-refractivity contribution is 5.89. The van der Waals surface area contributed by atoms with Crippen LogP contribution in [0.2, 0.25) is 0 Å². The zero-order chi connectivity index (χ0) is 21.0. The lowest BCUT2D eigenvalue weighted by Gasteiger charge is -2.39. The zero-order valence-corrected chi connectivity index (χ0v) is 14.6. The van der Waals surface area contributed by atoms with Gasteiger partial charge in [-0.05, 0) is 0 Å². The Balaban J connectivity index is 2.27. The van der Waals surface area contributed by atoms with Crippen LogP contribution in [0.3, 0.4) is 0 Å². The molecule has 28 heavy (non-hydrogen) atoms. The summed E-state index contributed by atoms with van der Waals surface area (Å²) in [5, 5.41) is 75.9. The third-order valence-corrected chi connectivity index (χ3v) is 4.16. The van der Waals surface area contributed by atoms with Gasteiger partial charge < -0.3 is 59.8 Å². The molecule has 13 heteroatoms. The van der Waals surface area contributed by atoms with Gasteiger partial charge in [0.2, 0.25) is 12.0 Å². The summed E-state index contributed by atoms with van der Waals surface area (Å²) >= 11 is 0. The summed E-state index contributed by atoms with van der Waals surface area (Å²) in [4.78, 5) is 12.1. The molecule has 0 aromatic heterocycles. The first kappa shape index (κ1) is 22.7. The van der Waals surface area contributed by atoms with Crippen molar-refractivity contribution >= 4 is 5.97 Å². The Morgan fingerprint density at radius 2 is 1.68 bits per heavy atom. The molecule has 2 heterocycles. The number of carbonyl (C=O) groups excluding carboxylic acids is 1. The first-order valence-electron chi connectivity index (χ1n) is 8.38. The van der Waals surface area contributed by atoms with Crippen molar-refractivity contribution in [2.45, 2.75) is 49.0 Å². The first-order valence-corrected chi connectivity index (χ1v) is 8.38. The Labute approximate surface area is 158 Å². The molecule has 0 aromatic rings. The molecule has 0 amide bonds. The molecular formula is C15H24O13. The predicted octanol–water partition coefficient (Wildman–Crippen LogP) is -5.34. The second-order valence-electron chi connectivity index (χ2n) is 6.23. The van der Waals surface area contributed by atoms with Gasteiger partial charge in [0.25, 0.3) is 0 Å². The Morgan fingerprint density at radius 3 is 2.25 bits per heavy atom. The number of hydrogen-bond acceptors (Lipinski definition) is 13. The highest BCUT2D eigenvalue weighted by atomic mass is 16.7. The highest BCUT2D eigenvalue weighted by Crippen LogP contribution is 2.31. The van der Waals surface area contributed by atoms with Crippen molar-refractivity contribution < 1.29 is 64.6 Å². The minimum Gasteiger partial charge on any atom is -0.487 e. The molecule has 13 nitrogen and oxygen atoms in total. The maximum absolute atomic E-state index is 12.1. The average molecular weight is 412 g/mol. The number of hydrogen-bond donors (Lipinski definition) is 8. The molecule has 162 valence electrons. The predicted molar refractivity (Wildman–Crippen MR) is 83.9 cm³/mol. The summed E-state index contributed by atoms with van der Waals surface area (Å²) in [5.41, 5.74) is 0. The van der Waals surface area contributed by atoms with Crippen molar-refractivity contribution in [1.82, 2.24) is 0 Å². The maximum atomic E-state index is 12.1. The van der Waals surface area contributed by atoms with Gasteiger partial charge in [-0.25, -0.2) is 4.79 Å². The van der Waals surface area contributed by atoms with Gasteiger partial charge in [0.15, 0.2) is 11.9 Å². The number of aliphatic hydroxyl groups is 8. The summed E-state index contributed by atoms with van der Waals surface area (Å²) in [6.07, 6.45) is -12.8. The third kappa shape index (κ3) is 4.71. The van der Waals surface area contributed by atoms with Gasteiger partial charge in [0.05, 0.1) is 19.8 Å². The fraction of sp³-hybridized carbons (Fsp3) is 0.800. The lowest BCUT2D eigenvalue weighted by atomic mass is 9.99. The van der Waals surface area contributed by atoms with Crippen LogP contribution < -0.4 is 0 Å². The van der Waals surface area contributed by atoms with Crippen molar-refractivity contribution in [3.8, 4) is 0 Å². The lowest BCUT2D eigenvalue weighted by molar-refractivity contribution is -0.291. The van der Waals surface area contributed by atoms with E-state index in [9.17, 15) is 35.4 Å². The number of carbonyl (C=O) groups is 1. The highest BCUT2D eigenvalue weighted by Gasteiger charge is 2.48. The molecule has 2 aliphatic rings. The van der Waals surface area contributed by atoms with Crippen LogP contribution in [0.4, 0.5) is 0 Å². The van der Waals surface area contributed by atoms with E-state index in [2.05, 4.69) is 0 Å². The molecule has 2 rings (SSSR count). The minimum absolute atomic E-state index is 0.448. The van der Waals surface area contributed by atoms with Crippen LogP contribution in [0.15, 0.2) is 11.5 Å². The summed E-state index contributed by atoms with van der Waals surface area (Å²) < 4.78 is 20.4. The van der Waals surface area contributed by atoms with Crippen LogP contribution in [-0.2, 0) is 23.7 Å². The Kier molecular flexibility index (Phi) is 7.94. The number of esters is 1. The minimum atomic E-state index is -1.83. The Hall–Kier alpha value is -1.55. The molecule has 0 saturated carbocycles. The molecule has 0 radical (unpaired) electrons. The number of cyclic esters (lactones) is 1. The van der Waals surface area contributed by atoms with Gasteiger partial charge in [-0.15, -0.1) is 0 Å². The molecule has 8 N–H and O–H groups in total. The van der Waals surface area contributed by atoms with Gasteiger partial charge in [-0.3, -0.25) is 0 Å². The summed E-state index contributed by atoms with van der Waals surface area (Å²) in [6.45, 7) is -2.75. The molecule has 1 fully saturated rings. The standard InChI is InChI=1S/C15H24O13/c16-1-5(19)4-25-12-11(6(20)2-17)27-14(24)13(12)28-15-10(23)9(22)8(21)7(3-18)26-15/h5-11,15-23H,1-4H2/t5?,6-,7+,8+,9-,10+,11+,15?/m0/s1. The number of ether oxygens (including phenoxy) is 4. The molecule has 1 saturated heterocycles. The van der Waals surface area contributed by atoms with E-state index in [4.69, 9.17) is 29.2 Å². The van der Waals surface area contributed by atoms with Crippen LogP contribution >= 0.6 is 0 Å². The number of rotatable bonds is 9. The monoisotopic (exact) mass is 412 g/mol. The van der Waals surface area contributed by atoms with Crippen LogP contribution in [-0.4, -0.2) is 122 Å². The molecule has 0 aliphatic carbocycles. The van der Waals surface area contributed by atoms with E-state index in [0.29, 0.717) is 0 Å². The van der Waals surface area contributed by atoms with E-state index in [0.717, 1.165) is 0 Å². The normalized spacial score (nSPS) is 35.5. The zero-order valence-electron chi connectivity index (χ0n) is 14.6. The Morgan fingerprint density at radius 1 is 1.00 bits per heavy atom. The van der Waals surface area contributed by atoms with Crippen LogP contribution in [0, 0.1) is 0 Å². The van der Waals surface area contributed by atoms with Crippen molar-refractivity contribution in [2.75, 3.05) is 26.4 Å². The summed E-state index contributed by atoms with van der Waals surface area (Å²) in [5.74, 6) is -2.30. The molecule has 8 atom stereocenters. The smallest absolute Gasteiger partial charge is 0.378 e. The van der Waals surface area contributed by atoms with Crippen LogP contribution in [0.5, 0.6) is 0 Å². The van der Waals surface area contributed by atoms with Crippen molar-refractivity contribution in [1.29, 1.82) is 0 Å². The fourth-order valence-corrected chi connectivity index (χ4v) is 2.57. The second kappa shape index (κ2) is 9.78. The molecular weight excluding hydrogens is 388 g/mol. The first-order chi connectivity index (χ1) is 13.2. The summed E-state index contributed by atoms with van der Waals surface area (Å²) in [6, 6.07) is 0. The van der Waals surface area contributed by atoms with Gasteiger partial charge in [0.1, 0.15) is 43.2 Å². The molecule has 0 bridgehead atoms. The number of aliphatic hydroxyl groups excluding tert-OH is 8. The Bertz CT molecular complexity index is 564. The molecule has 0 spiro atoms. The van der Waals surface area contributed by atoms with Gasteiger partial charge in [-0.1, -0.05) is 0 Å². The van der Waals surface area contributed by atoms with E-state index >= 15 is 0 Å². The topological polar surface area (TPSA) is 216 Å². The van der Waals surface area contributed by atoms with E-state index in [1.165, 1.54) is 0 Å². The maximum Gasteiger partial charge on any atom is 0.378 e. The van der Waals surface area contributed by atoms with E-state index in [1.807, 2.05) is 0 Å². The van der Waals surface area contributed by atoms with Gasteiger partial charge in [0, 0.05) is 0 Å². The summed E-state index contributed by atoms with van der Waals surface area (Å²) in [7, 11) is 0. The SMILES string of the molecule is O=C1O[C@H]([C@@H](O)CO)C(OCC(O)CO)=C1OC1O[C@H](CO)[C@@H](O)[C@H](O)[C@H]1O.